The Labute approximate surface area is 201 Å². The van der Waals surface area contributed by atoms with Gasteiger partial charge in [-0.2, -0.15) is 0 Å². The van der Waals surface area contributed by atoms with Crippen molar-refractivity contribution in [1.29, 1.82) is 0 Å². The van der Waals surface area contributed by atoms with Crippen LogP contribution in [-0.4, -0.2) is 29.8 Å². The van der Waals surface area contributed by atoms with E-state index in [2.05, 4.69) is 16.6 Å². The molecule has 0 aliphatic rings. The molecule has 0 saturated carbocycles. The summed E-state index contributed by atoms with van der Waals surface area (Å²) < 4.78 is 30.5. The summed E-state index contributed by atoms with van der Waals surface area (Å²) in [5.41, 5.74) is 2.16. The van der Waals surface area contributed by atoms with Gasteiger partial charge in [-0.15, -0.1) is 0 Å². The van der Waals surface area contributed by atoms with E-state index in [9.17, 15) is 13.2 Å². The number of nitrogens with zero attached hydrogens (tertiary/aromatic N) is 2. The van der Waals surface area contributed by atoms with E-state index in [0.29, 0.717) is 17.8 Å². The van der Waals surface area contributed by atoms with Gasteiger partial charge in [-0.3, -0.25) is 4.79 Å². The summed E-state index contributed by atoms with van der Waals surface area (Å²) in [4.78, 5) is 16.2. The van der Waals surface area contributed by atoms with Crippen LogP contribution in [0.3, 0.4) is 0 Å². The summed E-state index contributed by atoms with van der Waals surface area (Å²) in [5.74, 6) is 0.790. The Morgan fingerprint density at radius 2 is 1.76 bits per heavy atom. The Hall–Kier alpha value is -2.48. The standard InChI is InChI=1S/C25H30ClN3O3S/c1-5-6-11-23-27-24(26)21(17-30)29(23)16-18-12-14-19(15-13-18)20-9-7-8-10-22(20)33(31,32)28-25(2,3)4/h7-10,12-15,17,28H,5-6,11,16H2,1-4H3. The molecule has 6 nitrogen and oxygen atoms in total. The van der Waals surface area contributed by atoms with Crippen LogP contribution >= 0.6 is 11.6 Å². The van der Waals surface area contributed by atoms with Crippen LogP contribution in [0.1, 0.15) is 62.4 Å². The lowest BCUT2D eigenvalue weighted by atomic mass is 10.0. The van der Waals surface area contributed by atoms with Gasteiger partial charge in [0.15, 0.2) is 11.4 Å². The van der Waals surface area contributed by atoms with Crippen LogP contribution in [0.5, 0.6) is 0 Å². The van der Waals surface area contributed by atoms with Crippen molar-refractivity contribution >= 4 is 27.9 Å². The molecule has 1 heterocycles. The van der Waals surface area contributed by atoms with Crippen molar-refractivity contribution in [3.05, 3.63) is 70.8 Å². The molecule has 1 N–H and O–H groups in total. The predicted molar refractivity (Wildman–Crippen MR) is 132 cm³/mol. The number of rotatable bonds is 9. The van der Waals surface area contributed by atoms with Crippen molar-refractivity contribution in [2.45, 2.75) is 63.9 Å². The summed E-state index contributed by atoms with van der Waals surface area (Å²) in [7, 11) is -3.69. The lowest BCUT2D eigenvalue weighted by molar-refractivity contribution is 0.111. The highest BCUT2D eigenvalue weighted by Gasteiger charge is 2.24. The van der Waals surface area contributed by atoms with Gasteiger partial charge in [0.2, 0.25) is 10.0 Å². The van der Waals surface area contributed by atoms with E-state index in [1.165, 1.54) is 0 Å². The van der Waals surface area contributed by atoms with Crippen LogP contribution in [0, 0.1) is 0 Å². The normalized spacial score (nSPS) is 12.2. The molecule has 0 bridgehead atoms. The molecule has 0 fully saturated rings. The second kappa shape index (κ2) is 10.2. The first kappa shape index (κ1) is 25.1. The highest BCUT2D eigenvalue weighted by Crippen LogP contribution is 2.29. The molecule has 0 amide bonds. The fraction of sp³-hybridized carbons (Fsp3) is 0.360. The zero-order chi connectivity index (χ0) is 24.2. The van der Waals surface area contributed by atoms with E-state index < -0.39 is 15.6 Å². The van der Waals surface area contributed by atoms with Crippen LogP contribution in [-0.2, 0) is 23.0 Å². The minimum Gasteiger partial charge on any atom is -0.320 e. The maximum absolute atomic E-state index is 13.0. The fourth-order valence-electron chi connectivity index (χ4n) is 3.67. The highest BCUT2D eigenvalue weighted by molar-refractivity contribution is 7.89. The summed E-state index contributed by atoms with van der Waals surface area (Å²) in [6.07, 6.45) is 3.46. The van der Waals surface area contributed by atoms with Gasteiger partial charge in [0.25, 0.3) is 0 Å². The fourth-order valence-corrected chi connectivity index (χ4v) is 5.56. The summed E-state index contributed by atoms with van der Waals surface area (Å²) >= 11 is 6.18. The molecule has 3 aromatic rings. The maximum atomic E-state index is 13.0. The number of sulfonamides is 1. The topological polar surface area (TPSA) is 81.1 Å². The Morgan fingerprint density at radius 3 is 2.36 bits per heavy atom. The third kappa shape index (κ3) is 6.10. The number of benzene rings is 2. The smallest absolute Gasteiger partial charge is 0.241 e. The van der Waals surface area contributed by atoms with Crippen LogP contribution in [0.2, 0.25) is 5.15 Å². The predicted octanol–water partition coefficient (Wildman–Crippen LogP) is 5.48. The zero-order valence-corrected chi connectivity index (χ0v) is 21.0. The number of imidazole rings is 1. The molecule has 0 aliphatic carbocycles. The van der Waals surface area contributed by atoms with Crippen LogP contribution in [0.25, 0.3) is 11.1 Å². The molecule has 2 aromatic carbocycles. The highest BCUT2D eigenvalue weighted by atomic mass is 35.5. The molecule has 3 rings (SSSR count). The van der Waals surface area contributed by atoms with Crippen molar-refractivity contribution < 1.29 is 13.2 Å². The first-order valence-electron chi connectivity index (χ1n) is 11.0. The first-order valence-corrected chi connectivity index (χ1v) is 12.8. The largest absolute Gasteiger partial charge is 0.320 e. The lowest BCUT2D eigenvalue weighted by Gasteiger charge is -2.21. The molecule has 0 unspecified atom stereocenters. The van der Waals surface area contributed by atoms with Crippen LogP contribution in [0.4, 0.5) is 0 Å². The number of hydrogen-bond acceptors (Lipinski definition) is 4. The molecule has 33 heavy (non-hydrogen) atoms. The Balaban J connectivity index is 1.93. The van der Waals surface area contributed by atoms with Crippen molar-refractivity contribution in [3.8, 4) is 11.1 Å². The molecule has 0 atom stereocenters. The van der Waals surface area contributed by atoms with E-state index in [0.717, 1.165) is 42.5 Å². The van der Waals surface area contributed by atoms with Gasteiger partial charge >= 0.3 is 0 Å². The summed E-state index contributed by atoms with van der Waals surface area (Å²) in [6.45, 7) is 7.99. The number of aldehydes is 1. The molecular formula is C25H30ClN3O3S. The number of aromatic nitrogens is 2. The number of carbonyl (C=O) groups is 1. The Morgan fingerprint density at radius 1 is 1.09 bits per heavy atom. The SMILES string of the molecule is CCCCc1nc(Cl)c(C=O)n1Cc1ccc(-c2ccccc2S(=O)(=O)NC(C)(C)C)cc1. The van der Waals surface area contributed by atoms with E-state index in [1.54, 1.807) is 18.2 Å². The second-order valence-corrected chi connectivity index (χ2v) is 11.1. The lowest BCUT2D eigenvalue weighted by Crippen LogP contribution is -2.40. The second-order valence-electron chi connectivity index (χ2n) is 9.06. The molecule has 0 saturated heterocycles. The van der Waals surface area contributed by atoms with Gasteiger partial charge in [-0.1, -0.05) is 67.4 Å². The Bertz CT molecular complexity index is 1230. The number of aryl methyl sites for hydroxylation is 1. The zero-order valence-electron chi connectivity index (χ0n) is 19.4. The first-order chi connectivity index (χ1) is 15.6. The molecular weight excluding hydrogens is 458 g/mol. The molecule has 0 radical (unpaired) electrons. The molecule has 1 aromatic heterocycles. The van der Waals surface area contributed by atoms with Crippen molar-refractivity contribution in [3.63, 3.8) is 0 Å². The van der Waals surface area contributed by atoms with Gasteiger partial charge in [-0.25, -0.2) is 18.1 Å². The summed E-state index contributed by atoms with van der Waals surface area (Å²) in [5, 5.41) is 0.221. The van der Waals surface area contributed by atoms with E-state index in [4.69, 9.17) is 11.6 Å². The maximum Gasteiger partial charge on any atom is 0.241 e. The van der Waals surface area contributed by atoms with Gasteiger partial charge in [-0.05, 0) is 44.4 Å². The van der Waals surface area contributed by atoms with E-state index in [-0.39, 0.29) is 10.0 Å². The summed E-state index contributed by atoms with van der Waals surface area (Å²) in [6, 6.07) is 14.6. The van der Waals surface area contributed by atoms with Crippen LogP contribution < -0.4 is 4.72 Å². The average Bonchev–Trinajstić information content (AvgIpc) is 3.05. The van der Waals surface area contributed by atoms with Crippen molar-refractivity contribution in [1.82, 2.24) is 14.3 Å². The van der Waals surface area contributed by atoms with Crippen LogP contribution in [0.15, 0.2) is 53.4 Å². The van der Waals surface area contributed by atoms with E-state index in [1.807, 2.05) is 55.7 Å². The molecule has 0 spiro atoms. The van der Waals surface area contributed by atoms with Gasteiger partial charge in [0, 0.05) is 24.1 Å². The third-order valence-electron chi connectivity index (χ3n) is 5.13. The average molecular weight is 488 g/mol. The monoisotopic (exact) mass is 487 g/mol. The third-order valence-corrected chi connectivity index (χ3v) is 7.22. The van der Waals surface area contributed by atoms with E-state index >= 15 is 0 Å². The number of unbranched alkanes of at least 4 members (excludes halogenated alkanes) is 1. The van der Waals surface area contributed by atoms with Crippen molar-refractivity contribution in [2.24, 2.45) is 0 Å². The van der Waals surface area contributed by atoms with Gasteiger partial charge in [0.1, 0.15) is 11.5 Å². The number of halogens is 1. The molecule has 8 heteroatoms. The minimum absolute atomic E-state index is 0.221. The quantitative estimate of drug-likeness (QED) is 0.405. The minimum atomic E-state index is -3.69. The Kier molecular flexibility index (Phi) is 7.77. The number of hydrogen-bond donors (Lipinski definition) is 1. The number of nitrogens with one attached hydrogen (secondary N) is 1. The van der Waals surface area contributed by atoms with Gasteiger partial charge in [0.05, 0.1) is 4.90 Å². The molecule has 176 valence electrons. The number of carbonyl (C=O) groups excluding carboxylic acids is 1. The molecule has 0 aliphatic heterocycles. The van der Waals surface area contributed by atoms with Crippen molar-refractivity contribution in [2.75, 3.05) is 0 Å². The van der Waals surface area contributed by atoms with Gasteiger partial charge < -0.3 is 4.57 Å².